The average Bonchev–Trinajstić information content (AvgIpc) is 3.04. The summed E-state index contributed by atoms with van der Waals surface area (Å²) in [6, 6.07) is 13.2. The number of amides is 2. The maximum absolute atomic E-state index is 12.8. The Balaban J connectivity index is 1.18. The summed E-state index contributed by atoms with van der Waals surface area (Å²) in [7, 11) is 0. The minimum absolute atomic E-state index is 0.0632. The monoisotopic (exact) mass is 391 g/mol. The number of carbonyl (C=O) groups is 2. The van der Waals surface area contributed by atoms with Gasteiger partial charge in [-0.25, -0.2) is 0 Å². The summed E-state index contributed by atoms with van der Waals surface area (Å²) in [5.74, 6) is 0.827. The van der Waals surface area contributed by atoms with Crippen LogP contribution in [-0.2, 0) is 17.9 Å². The first-order valence-corrected chi connectivity index (χ1v) is 10.4. The highest BCUT2D eigenvalue weighted by atomic mass is 16.2. The van der Waals surface area contributed by atoms with E-state index >= 15 is 0 Å². The van der Waals surface area contributed by atoms with Crippen LogP contribution in [0.25, 0.3) is 0 Å². The molecule has 0 aliphatic carbocycles. The molecule has 2 amide bonds. The second-order valence-corrected chi connectivity index (χ2v) is 8.48. The Labute approximate surface area is 169 Å². The number of benzene rings is 1. The lowest BCUT2D eigenvalue weighted by Crippen LogP contribution is -2.49. The molecule has 2 aromatic rings. The maximum atomic E-state index is 12.8. The van der Waals surface area contributed by atoms with Crippen LogP contribution in [0.15, 0.2) is 47.3 Å². The van der Waals surface area contributed by atoms with Gasteiger partial charge in [0.15, 0.2) is 0 Å². The third-order valence-corrected chi connectivity index (χ3v) is 6.55. The van der Waals surface area contributed by atoms with E-state index in [9.17, 15) is 14.4 Å². The van der Waals surface area contributed by atoms with Crippen LogP contribution in [0, 0.1) is 5.92 Å². The summed E-state index contributed by atoms with van der Waals surface area (Å²) in [5.41, 5.74) is 2.98. The molecule has 1 aromatic heterocycles. The Morgan fingerprint density at radius 3 is 2.72 bits per heavy atom. The lowest BCUT2D eigenvalue weighted by atomic mass is 9.83. The van der Waals surface area contributed by atoms with E-state index in [0.29, 0.717) is 44.9 Å². The predicted octanol–water partition coefficient (Wildman–Crippen LogP) is 2.23. The molecule has 0 saturated carbocycles. The fourth-order valence-corrected chi connectivity index (χ4v) is 5.17. The topological polar surface area (TPSA) is 62.6 Å². The molecule has 6 nitrogen and oxygen atoms in total. The van der Waals surface area contributed by atoms with Gasteiger partial charge < -0.3 is 14.4 Å². The van der Waals surface area contributed by atoms with E-state index in [-0.39, 0.29) is 23.3 Å². The molecular weight excluding hydrogens is 366 g/mol. The summed E-state index contributed by atoms with van der Waals surface area (Å²) in [4.78, 5) is 41.2. The zero-order chi connectivity index (χ0) is 20.0. The molecule has 2 bridgehead atoms. The smallest absolute Gasteiger partial charge is 0.254 e. The Kier molecular flexibility index (Phi) is 4.49. The molecule has 1 aromatic carbocycles. The molecule has 3 aliphatic heterocycles. The summed E-state index contributed by atoms with van der Waals surface area (Å²) < 4.78 is 1.89. The van der Waals surface area contributed by atoms with Gasteiger partial charge >= 0.3 is 0 Å². The zero-order valence-electron chi connectivity index (χ0n) is 16.4. The highest BCUT2D eigenvalue weighted by molar-refractivity contribution is 5.98. The number of hydrogen-bond acceptors (Lipinski definition) is 3. The van der Waals surface area contributed by atoms with Gasteiger partial charge in [0.1, 0.15) is 0 Å². The fraction of sp³-hybridized carbons (Fsp3) is 0.435. The van der Waals surface area contributed by atoms with Crippen LogP contribution in [0.1, 0.15) is 46.8 Å². The first-order valence-electron chi connectivity index (χ1n) is 10.4. The quantitative estimate of drug-likeness (QED) is 0.803. The van der Waals surface area contributed by atoms with Crippen molar-refractivity contribution in [3.8, 4) is 0 Å². The Morgan fingerprint density at radius 1 is 1.00 bits per heavy atom. The Hall–Kier alpha value is -2.89. The van der Waals surface area contributed by atoms with Crippen molar-refractivity contribution in [1.29, 1.82) is 0 Å². The number of piperidine rings is 1. The van der Waals surface area contributed by atoms with Crippen molar-refractivity contribution < 1.29 is 9.59 Å². The van der Waals surface area contributed by atoms with Crippen molar-refractivity contribution in [2.75, 3.05) is 19.6 Å². The van der Waals surface area contributed by atoms with Gasteiger partial charge in [-0.3, -0.25) is 14.4 Å². The summed E-state index contributed by atoms with van der Waals surface area (Å²) in [6.45, 7) is 3.37. The van der Waals surface area contributed by atoms with E-state index in [1.165, 1.54) is 0 Å². The van der Waals surface area contributed by atoms with Crippen molar-refractivity contribution in [3.05, 3.63) is 69.6 Å². The summed E-state index contributed by atoms with van der Waals surface area (Å²) in [5, 5.41) is 0. The zero-order valence-corrected chi connectivity index (χ0v) is 16.4. The number of nitrogens with zero attached hydrogens (tertiary/aromatic N) is 3. The van der Waals surface area contributed by atoms with Gasteiger partial charge in [-0.15, -0.1) is 0 Å². The summed E-state index contributed by atoms with van der Waals surface area (Å²) >= 11 is 0. The second kappa shape index (κ2) is 7.17. The molecule has 0 N–H and O–H groups in total. The van der Waals surface area contributed by atoms with Crippen molar-refractivity contribution in [2.45, 2.75) is 38.3 Å². The number of aromatic nitrogens is 1. The highest BCUT2D eigenvalue weighted by Gasteiger charge is 2.36. The van der Waals surface area contributed by atoms with Gasteiger partial charge in [-0.05, 0) is 36.5 Å². The number of hydrogen-bond donors (Lipinski definition) is 0. The highest BCUT2D eigenvalue weighted by Crippen LogP contribution is 2.35. The van der Waals surface area contributed by atoms with Crippen LogP contribution in [-0.4, -0.2) is 45.8 Å². The lowest BCUT2D eigenvalue weighted by molar-refractivity contribution is -0.134. The van der Waals surface area contributed by atoms with Gasteiger partial charge in [0.05, 0.1) is 0 Å². The molecular formula is C23H25N3O3. The molecule has 4 heterocycles. The molecule has 150 valence electrons. The van der Waals surface area contributed by atoms with E-state index in [0.717, 1.165) is 29.8 Å². The maximum Gasteiger partial charge on any atom is 0.254 e. The molecule has 0 spiro atoms. The normalized spacial score (nSPS) is 22.4. The first kappa shape index (κ1) is 18.2. The third-order valence-electron chi connectivity index (χ3n) is 6.55. The SMILES string of the molecule is O=C(CCCN1Cc2ccccc2C1=O)N1C[C@@H]2C[C@H](C1)c1cccc(=O)n1C2. The Morgan fingerprint density at radius 2 is 1.86 bits per heavy atom. The molecule has 5 rings (SSSR count). The number of fused-ring (bicyclic) bond motifs is 5. The minimum Gasteiger partial charge on any atom is -0.342 e. The predicted molar refractivity (Wildman–Crippen MR) is 109 cm³/mol. The van der Waals surface area contributed by atoms with Crippen LogP contribution < -0.4 is 5.56 Å². The van der Waals surface area contributed by atoms with E-state index in [4.69, 9.17) is 0 Å². The van der Waals surface area contributed by atoms with E-state index in [2.05, 4.69) is 0 Å². The van der Waals surface area contributed by atoms with Crippen LogP contribution in [0.5, 0.6) is 0 Å². The molecule has 0 unspecified atom stereocenters. The molecule has 6 heteroatoms. The van der Waals surface area contributed by atoms with Crippen LogP contribution in [0.3, 0.4) is 0 Å². The van der Waals surface area contributed by atoms with Crippen LogP contribution in [0.2, 0.25) is 0 Å². The minimum atomic E-state index is 0.0632. The van der Waals surface area contributed by atoms with E-state index < -0.39 is 0 Å². The van der Waals surface area contributed by atoms with Gasteiger partial charge in [-0.2, -0.15) is 0 Å². The van der Waals surface area contributed by atoms with Gasteiger partial charge in [0.2, 0.25) is 5.91 Å². The van der Waals surface area contributed by atoms with Crippen molar-refractivity contribution in [3.63, 3.8) is 0 Å². The molecule has 1 fully saturated rings. The average molecular weight is 391 g/mol. The van der Waals surface area contributed by atoms with Crippen molar-refractivity contribution >= 4 is 11.8 Å². The molecule has 2 atom stereocenters. The van der Waals surface area contributed by atoms with Gasteiger partial charge in [0.25, 0.3) is 11.5 Å². The number of pyridine rings is 1. The van der Waals surface area contributed by atoms with E-state index in [1.54, 1.807) is 6.07 Å². The second-order valence-electron chi connectivity index (χ2n) is 8.48. The molecule has 29 heavy (non-hydrogen) atoms. The lowest BCUT2D eigenvalue weighted by Gasteiger charge is -2.42. The van der Waals surface area contributed by atoms with E-state index in [1.807, 2.05) is 50.8 Å². The number of rotatable bonds is 4. The van der Waals surface area contributed by atoms with Gasteiger partial charge in [0, 0.05) is 62.4 Å². The largest absolute Gasteiger partial charge is 0.342 e. The molecule has 3 aliphatic rings. The number of likely N-dealkylation sites (tertiary alicyclic amines) is 1. The third kappa shape index (κ3) is 3.26. The first-order chi connectivity index (χ1) is 14.1. The molecule has 0 radical (unpaired) electrons. The fourth-order valence-electron chi connectivity index (χ4n) is 5.17. The summed E-state index contributed by atoms with van der Waals surface area (Å²) in [6.07, 6.45) is 2.19. The standard InChI is InChI=1S/C23H25N3O3/c27-21(9-4-10-24-14-17-5-1-2-6-19(17)23(24)29)25-12-16-11-18(15-25)20-7-3-8-22(28)26(20)13-16/h1-3,5-8,16,18H,4,9-15H2/t16-,18+/m0/s1. The van der Waals surface area contributed by atoms with Crippen molar-refractivity contribution in [2.24, 2.45) is 5.92 Å². The van der Waals surface area contributed by atoms with Crippen LogP contribution in [0.4, 0.5) is 0 Å². The van der Waals surface area contributed by atoms with Gasteiger partial charge in [-0.1, -0.05) is 24.3 Å². The Bertz CT molecular complexity index is 1030. The molecule has 1 saturated heterocycles. The van der Waals surface area contributed by atoms with Crippen molar-refractivity contribution in [1.82, 2.24) is 14.4 Å². The van der Waals surface area contributed by atoms with Crippen LogP contribution >= 0.6 is 0 Å². The number of carbonyl (C=O) groups excluding carboxylic acids is 2.